The number of hydrogen-bond donors (Lipinski definition) is 2. The molecule has 0 spiro atoms. The molecule has 0 atom stereocenters. The van der Waals surface area contributed by atoms with Crippen molar-refractivity contribution in [1.82, 2.24) is 4.98 Å². The number of nitrogens with one attached hydrogen (secondary N) is 1. The van der Waals surface area contributed by atoms with Crippen LogP contribution in [0, 0.1) is 10.1 Å². The summed E-state index contributed by atoms with van der Waals surface area (Å²) in [5, 5.41) is 23.8. The molecule has 0 saturated heterocycles. The smallest absolute Gasteiger partial charge is 0.287 e. The highest BCUT2D eigenvalue weighted by molar-refractivity contribution is 5.83. The van der Waals surface area contributed by atoms with Crippen molar-refractivity contribution in [3.63, 3.8) is 0 Å². The van der Waals surface area contributed by atoms with Gasteiger partial charge in [-0.05, 0) is 18.2 Å². The fraction of sp³-hybridized carbons (Fsp3) is 0. The summed E-state index contributed by atoms with van der Waals surface area (Å²) in [5.41, 5.74) is 3.08. The van der Waals surface area contributed by atoms with Crippen LogP contribution >= 0.6 is 0 Å². The van der Waals surface area contributed by atoms with E-state index in [9.17, 15) is 15.2 Å². The molecule has 1 aromatic carbocycles. The van der Waals surface area contributed by atoms with Crippen LogP contribution in [0.25, 0.3) is 0 Å². The zero-order chi connectivity index (χ0) is 13.7. The summed E-state index contributed by atoms with van der Waals surface area (Å²) in [5.74, 6) is 0.488. The molecule has 0 radical (unpaired) electrons. The molecule has 1 aromatic heterocycles. The van der Waals surface area contributed by atoms with Gasteiger partial charge in [-0.25, -0.2) is 4.98 Å². The first-order valence-electron chi connectivity index (χ1n) is 5.34. The lowest BCUT2D eigenvalue weighted by molar-refractivity contribution is -0.385. The Morgan fingerprint density at radius 3 is 2.74 bits per heavy atom. The maximum Gasteiger partial charge on any atom is 0.287 e. The number of aromatic nitrogens is 1. The number of hydrazone groups is 1. The Bertz CT molecular complexity index is 611. The predicted molar refractivity (Wildman–Crippen MR) is 70.2 cm³/mol. The molecule has 0 aliphatic carbocycles. The molecular weight excluding hydrogens is 248 g/mol. The Balaban J connectivity index is 2.03. The van der Waals surface area contributed by atoms with Crippen LogP contribution in [0.5, 0.6) is 5.75 Å². The molecule has 19 heavy (non-hydrogen) atoms. The maximum atomic E-state index is 10.4. The highest BCUT2D eigenvalue weighted by Crippen LogP contribution is 2.14. The van der Waals surface area contributed by atoms with E-state index in [4.69, 9.17) is 0 Å². The van der Waals surface area contributed by atoms with Gasteiger partial charge in [0.1, 0.15) is 17.8 Å². The number of hydrogen-bond acceptors (Lipinski definition) is 6. The molecule has 0 saturated carbocycles. The van der Waals surface area contributed by atoms with Crippen molar-refractivity contribution in [1.29, 1.82) is 0 Å². The molecule has 0 fully saturated rings. The van der Waals surface area contributed by atoms with Crippen molar-refractivity contribution in [3.05, 3.63) is 58.3 Å². The summed E-state index contributed by atoms with van der Waals surface area (Å²) in [6, 6.07) is 9.49. The minimum Gasteiger partial charge on any atom is -0.507 e. The fourth-order valence-corrected chi connectivity index (χ4v) is 1.32. The van der Waals surface area contributed by atoms with Crippen molar-refractivity contribution in [2.24, 2.45) is 5.10 Å². The number of benzene rings is 1. The highest BCUT2D eigenvalue weighted by atomic mass is 16.6. The second-order valence-corrected chi connectivity index (χ2v) is 3.59. The number of nitrogens with zero attached hydrogens (tertiary/aromatic N) is 3. The number of anilines is 1. The van der Waals surface area contributed by atoms with Crippen LogP contribution < -0.4 is 5.43 Å². The zero-order valence-electron chi connectivity index (χ0n) is 9.72. The summed E-state index contributed by atoms with van der Waals surface area (Å²) >= 11 is 0. The monoisotopic (exact) mass is 258 g/mol. The third kappa shape index (κ3) is 3.25. The van der Waals surface area contributed by atoms with E-state index in [2.05, 4.69) is 15.5 Å². The number of para-hydroxylation sites is 1. The summed E-state index contributed by atoms with van der Waals surface area (Å²) in [6.07, 6.45) is 2.57. The summed E-state index contributed by atoms with van der Waals surface area (Å²) < 4.78 is 0. The molecule has 1 heterocycles. The highest BCUT2D eigenvalue weighted by Gasteiger charge is 2.04. The average molecular weight is 258 g/mol. The van der Waals surface area contributed by atoms with Gasteiger partial charge in [0, 0.05) is 11.6 Å². The molecule has 0 aliphatic heterocycles. The molecular formula is C12H10N4O3. The zero-order valence-corrected chi connectivity index (χ0v) is 9.72. The van der Waals surface area contributed by atoms with Gasteiger partial charge < -0.3 is 5.11 Å². The Labute approximate surface area is 108 Å². The van der Waals surface area contributed by atoms with Crippen LogP contribution in [-0.2, 0) is 0 Å². The van der Waals surface area contributed by atoms with Gasteiger partial charge in [0.2, 0.25) is 0 Å². The van der Waals surface area contributed by atoms with Crippen LogP contribution in [0.1, 0.15) is 5.56 Å². The van der Waals surface area contributed by atoms with Gasteiger partial charge in [0.15, 0.2) is 0 Å². The van der Waals surface area contributed by atoms with E-state index in [1.807, 2.05) is 0 Å². The fourth-order valence-electron chi connectivity index (χ4n) is 1.32. The molecule has 7 nitrogen and oxygen atoms in total. The average Bonchev–Trinajstić information content (AvgIpc) is 2.41. The molecule has 7 heteroatoms. The Morgan fingerprint density at radius 1 is 1.32 bits per heavy atom. The number of nitro groups is 1. The van der Waals surface area contributed by atoms with Crippen molar-refractivity contribution in [2.75, 3.05) is 5.43 Å². The van der Waals surface area contributed by atoms with E-state index in [0.717, 1.165) is 6.20 Å². The Morgan fingerprint density at radius 2 is 2.11 bits per heavy atom. The minimum atomic E-state index is -0.526. The molecule has 0 aliphatic rings. The van der Waals surface area contributed by atoms with Crippen molar-refractivity contribution in [3.8, 4) is 5.75 Å². The van der Waals surface area contributed by atoms with E-state index in [1.54, 1.807) is 24.3 Å². The Kier molecular flexibility index (Phi) is 3.67. The number of rotatable bonds is 4. The number of phenols is 1. The largest absolute Gasteiger partial charge is 0.507 e. The predicted octanol–water partition coefficient (Wildman–Crippen LogP) is 2.14. The first-order chi connectivity index (χ1) is 9.16. The molecule has 2 rings (SSSR count). The lowest BCUT2D eigenvalue weighted by Crippen LogP contribution is -1.95. The van der Waals surface area contributed by atoms with E-state index in [1.165, 1.54) is 18.3 Å². The van der Waals surface area contributed by atoms with Crippen LogP contribution in [0.4, 0.5) is 11.5 Å². The van der Waals surface area contributed by atoms with Crippen LogP contribution in [-0.4, -0.2) is 21.2 Å². The third-order valence-corrected chi connectivity index (χ3v) is 2.28. The van der Waals surface area contributed by atoms with Gasteiger partial charge >= 0.3 is 0 Å². The number of pyridine rings is 1. The van der Waals surface area contributed by atoms with E-state index in [0.29, 0.717) is 11.4 Å². The first kappa shape index (κ1) is 12.5. The van der Waals surface area contributed by atoms with E-state index >= 15 is 0 Å². The summed E-state index contributed by atoms with van der Waals surface area (Å²) in [6.45, 7) is 0. The number of phenolic OH excluding ortho intramolecular Hbond substituents is 1. The third-order valence-electron chi connectivity index (χ3n) is 2.28. The van der Waals surface area contributed by atoms with Gasteiger partial charge in [0.05, 0.1) is 11.1 Å². The van der Waals surface area contributed by atoms with Gasteiger partial charge in [-0.2, -0.15) is 5.10 Å². The van der Waals surface area contributed by atoms with E-state index < -0.39 is 4.92 Å². The molecule has 0 bridgehead atoms. The van der Waals surface area contributed by atoms with Gasteiger partial charge in [-0.15, -0.1) is 0 Å². The SMILES string of the molecule is O=[N+]([O-])c1ccc(N/N=C\c2ccccc2O)nc1. The second-order valence-electron chi connectivity index (χ2n) is 3.59. The van der Waals surface area contributed by atoms with Crippen LogP contribution in [0.15, 0.2) is 47.7 Å². The standard InChI is InChI=1S/C12H10N4O3/c17-11-4-2-1-3-9(11)7-14-15-12-6-5-10(8-13-12)16(18)19/h1-8,17H,(H,13,15)/b14-7-. The van der Waals surface area contributed by atoms with Crippen LogP contribution in [0.3, 0.4) is 0 Å². The molecule has 96 valence electrons. The van der Waals surface area contributed by atoms with E-state index in [-0.39, 0.29) is 11.4 Å². The first-order valence-corrected chi connectivity index (χ1v) is 5.34. The minimum absolute atomic E-state index is 0.0877. The lowest BCUT2D eigenvalue weighted by Gasteiger charge is -1.99. The quantitative estimate of drug-likeness (QED) is 0.497. The molecule has 2 N–H and O–H groups in total. The maximum absolute atomic E-state index is 10.4. The van der Waals surface area contributed by atoms with Gasteiger partial charge in [-0.3, -0.25) is 15.5 Å². The number of aromatic hydroxyl groups is 1. The van der Waals surface area contributed by atoms with Crippen molar-refractivity contribution in [2.45, 2.75) is 0 Å². The van der Waals surface area contributed by atoms with Gasteiger partial charge in [0.25, 0.3) is 5.69 Å². The van der Waals surface area contributed by atoms with Gasteiger partial charge in [-0.1, -0.05) is 12.1 Å². The van der Waals surface area contributed by atoms with Crippen LogP contribution in [0.2, 0.25) is 0 Å². The lowest BCUT2D eigenvalue weighted by atomic mass is 10.2. The summed E-state index contributed by atoms with van der Waals surface area (Å²) in [4.78, 5) is 13.7. The second kappa shape index (κ2) is 5.58. The molecule has 2 aromatic rings. The molecule has 0 amide bonds. The normalized spacial score (nSPS) is 10.5. The summed E-state index contributed by atoms with van der Waals surface area (Å²) in [7, 11) is 0. The van der Waals surface area contributed by atoms with Crippen molar-refractivity contribution >= 4 is 17.7 Å². The van der Waals surface area contributed by atoms with Crippen molar-refractivity contribution < 1.29 is 10.0 Å². The molecule has 0 unspecified atom stereocenters. The Hall–Kier alpha value is -2.96. The topological polar surface area (TPSA) is 101 Å².